The standard InChI is InChI=1S/C4H4N2O2S/c1-2-3(4(7)8)6-9-5-2/h1H3,(H,7,8). The number of hydrogen-bond acceptors (Lipinski definition) is 4. The molecule has 0 radical (unpaired) electrons. The fraction of sp³-hybridized carbons (Fsp3) is 0.250. The molecule has 0 bridgehead atoms. The van der Waals surface area contributed by atoms with Gasteiger partial charge in [-0.15, -0.1) is 0 Å². The third kappa shape index (κ3) is 1.05. The van der Waals surface area contributed by atoms with E-state index in [-0.39, 0.29) is 5.69 Å². The number of nitrogens with zero attached hydrogens (tertiary/aromatic N) is 2. The Morgan fingerprint density at radius 1 is 1.67 bits per heavy atom. The molecule has 0 spiro atoms. The van der Waals surface area contributed by atoms with Crippen LogP contribution in [0.4, 0.5) is 0 Å². The summed E-state index contributed by atoms with van der Waals surface area (Å²) in [6.07, 6.45) is 0. The van der Waals surface area contributed by atoms with E-state index in [1.807, 2.05) is 0 Å². The van der Waals surface area contributed by atoms with Crippen LogP contribution < -0.4 is 0 Å². The van der Waals surface area contributed by atoms with E-state index in [1.54, 1.807) is 6.92 Å². The quantitative estimate of drug-likeness (QED) is 0.625. The van der Waals surface area contributed by atoms with E-state index in [2.05, 4.69) is 8.75 Å². The molecule has 0 fully saturated rings. The Morgan fingerprint density at radius 2 is 2.33 bits per heavy atom. The van der Waals surface area contributed by atoms with E-state index >= 15 is 0 Å². The normalized spacial score (nSPS) is 9.44. The Kier molecular flexibility index (Phi) is 1.44. The number of aryl methyl sites for hydroxylation is 1. The van der Waals surface area contributed by atoms with Crippen LogP contribution in [0.25, 0.3) is 0 Å². The summed E-state index contributed by atoms with van der Waals surface area (Å²) in [5.74, 6) is -1.01. The second-order valence-corrected chi connectivity index (χ2v) is 2.03. The number of aromatic carboxylic acids is 1. The lowest BCUT2D eigenvalue weighted by Crippen LogP contribution is -1.98. The van der Waals surface area contributed by atoms with E-state index in [0.29, 0.717) is 5.69 Å². The van der Waals surface area contributed by atoms with Gasteiger partial charge in [0.25, 0.3) is 0 Å². The van der Waals surface area contributed by atoms with Crippen molar-refractivity contribution in [3.05, 3.63) is 11.4 Å². The van der Waals surface area contributed by atoms with Gasteiger partial charge in [0, 0.05) is 0 Å². The Hall–Kier alpha value is -0.970. The second-order valence-electron chi connectivity index (χ2n) is 1.50. The van der Waals surface area contributed by atoms with Gasteiger partial charge >= 0.3 is 5.97 Å². The Morgan fingerprint density at radius 3 is 2.56 bits per heavy atom. The number of carboxylic acids is 1. The van der Waals surface area contributed by atoms with E-state index in [4.69, 9.17) is 5.11 Å². The van der Waals surface area contributed by atoms with Gasteiger partial charge in [0.15, 0.2) is 5.69 Å². The molecule has 1 aromatic heterocycles. The summed E-state index contributed by atoms with van der Waals surface area (Å²) in [6, 6.07) is 0. The number of rotatable bonds is 1. The zero-order valence-electron chi connectivity index (χ0n) is 4.66. The average Bonchev–Trinajstić information content (AvgIpc) is 2.13. The molecule has 0 unspecified atom stereocenters. The van der Waals surface area contributed by atoms with Gasteiger partial charge < -0.3 is 5.11 Å². The number of carbonyl (C=O) groups is 1. The Labute approximate surface area is 55.5 Å². The van der Waals surface area contributed by atoms with Crippen molar-refractivity contribution in [3.8, 4) is 0 Å². The SMILES string of the molecule is Cc1nsnc1C(=O)O. The molecule has 48 valence electrons. The molecule has 0 aliphatic carbocycles. The number of aromatic nitrogens is 2. The second kappa shape index (κ2) is 2.10. The van der Waals surface area contributed by atoms with Gasteiger partial charge in [0.2, 0.25) is 0 Å². The number of carboxylic acid groups (broad SMARTS) is 1. The maximum Gasteiger partial charge on any atom is 0.357 e. The van der Waals surface area contributed by atoms with Crippen molar-refractivity contribution in [1.82, 2.24) is 8.75 Å². The molecule has 9 heavy (non-hydrogen) atoms. The summed E-state index contributed by atoms with van der Waals surface area (Å²) < 4.78 is 7.23. The van der Waals surface area contributed by atoms with Crippen molar-refractivity contribution in [1.29, 1.82) is 0 Å². The molecule has 1 N–H and O–H groups in total. The van der Waals surface area contributed by atoms with Gasteiger partial charge in [-0.2, -0.15) is 8.75 Å². The summed E-state index contributed by atoms with van der Waals surface area (Å²) in [4.78, 5) is 10.2. The molecule has 0 aromatic carbocycles. The molecule has 4 nitrogen and oxygen atoms in total. The predicted octanol–water partition coefficient (Wildman–Crippen LogP) is 0.545. The highest BCUT2D eigenvalue weighted by molar-refractivity contribution is 6.99. The van der Waals surface area contributed by atoms with Crippen LogP contribution in [0.5, 0.6) is 0 Å². The molecule has 0 aliphatic rings. The third-order valence-corrected chi connectivity index (χ3v) is 1.47. The van der Waals surface area contributed by atoms with Gasteiger partial charge in [-0.25, -0.2) is 4.79 Å². The zero-order chi connectivity index (χ0) is 6.85. The fourth-order valence-corrected chi connectivity index (χ4v) is 0.967. The third-order valence-electron chi connectivity index (χ3n) is 0.855. The van der Waals surface area contributed by atoms with Gasteiger partial charge in [-0.3, -0.25) is 0 Å². The summed E-state index contributed by atoms with van der Waals surface area (Å²) in [7, 11) is 0. The lowest BCUT2D eigenvalue weighted by Gasteiger charge is -1.82. The molecule has 0 amide bonds. The average molecular weight is 144 g/mol. The zero-order valence-corrected chi connectivity index (χ0v) is 5.47. The molecule has 0 atom stereocenters. The van der Waals surface area contributed by atoms with Gasteiger partial charge in [-0.1, -0.05) is 0 Å². The maximum absolute atomic E-state index is 10.2. The molecule has 0 saturated heterocycles. The molecule has 1 heterocycles. The van der Waals surface area contributed by atoms with E-state index in [1.165, 1.54) is 0 Å². The number of hydrogen-bond donors (Lipinski definition) is 1. The van der Waals surface area contributed by atoms with Crippen molar-refractivity contribution in [3.63, 3.8) is 0 Å². The molecule has 0 saturated carbocycles. The van der Waals surface area contributed by atoms with E-state index in [9.17, 15) is 4.79 Å². The summed E-state index contributed by atoms with van der Waals surface area (Å²) in [5.41, 5.74) is 0.535. The monoisotopic (exact) mass is 144 g/mol. The summed E-state index contributed by atoms with van der Waals surface area (Å²) in [5, 5.41) is 8.36. The van der Waals surface area contributed by atoms with Gasteiger partial charge in [-0.05, 0) is 6.92 Å². The Bertz CT molecular complexity index is 232. The van der Waals surface area contributed by atoms with Crippen molar-refractivity contribution in [2.75, 3.05) is 0 Å². The van der Waals surface area contributed by atoms with Crippen molar-refractivity contribution in [2.45, 2.75) is 6.92 Å². The summed E-state index contributed by atoms with van der Waals surface area (Å²) >= 11 is 0.914. The first kappa shape index (κ1) is 6.15. The minimum atomic E-state index is -1.01. The minimum absolute atomic E-state index is 0.0556. The van der Waals surface area contributed by atoms with Crippen LogP contribution in [-0.4, -0.2) is 19.8 Å². The van der Waals surface area contributed by atoms with Gasteiger partial charge in [0.05, 0.1) is 17.4 Å². The van der Waals surface area contributed by atoms with E-state index in [0.717, 1.165) is 11.7 Å². The van der Waals surface area contributed by atoms with E-state index < -0.39 is 5.97 Å². The van der Waals surface area contributed by atoms with Crippen LogP contribution in [0.3, 0.4) is 0 Å². The fourth-order valence-electron chi connectivity index (χ4n) is 0.426. The van der Waals surface area contributed by atoms with Crippen LogP contribution in [0.2, 0.25) is 0 Å². The summed E-state index contributed by atoms with van der Waals surface area (Å²) in [6.45, 7) is 1.62. The lowest BCUT2D eigenvalue weighted by molar-refractivity contribution is 0.0691. The molecular weight excluding hydrogens is 140 g/mol. The largest absolute Gasteiger partial charge is 0.476 e. The molecule has 1 rings (SSSR count). The minimum Gasteiger partial charge on any atom is -0.476 e. The van der Waals surface area contributed by atoms with Crippen molar-refractivity contribution < 1.29 is 9.90 Å². The molecule has 0 aliphatic heterocycles. The maximum atomic E-state index is 10.2. The molecular formula is C4H4N2O2S. The van der Waals surface area contributed by atoms with Gasteiger partial charge in [0.1, 0.15) is 0 Å². The first-order valence-corrected chi connectivity index (χ1v) is 2.97. The lowest BCUT2D eigenvalue weighted by atomic mass is 10.4. The first-order chi connectivity index (χ1) is 4.22. The molecule has 1 aromatic rings. The first-order valence-electron chi connectivity index (χ1n) is 2.24. The highest BCUT2D eigenvalue weighted by Gasteiger charge is 2.09. The Balaban J connectivity index is 3.08. The highest BCUT2D eigenvalue weighted by Crippen LogP contribution is 2.02. The van der Waals surface area contributed by atoms with Crippen molar-refractivity contribution in [2.24, 2.45) is 0 Å². The predicted molar refractivity (Wildman–Crippen MR) is 31.6 cm³/mol. The topological polar surface area (TPSA) is 63.1 Å². The van der Waals surface area contributed by atoms with Crippen LogP contribution in [0.15, 0.2) is 0 Å². The van der Waals surface area contributed by atoms with Crippen LogP contribution in [-0.2, 0) is 0 Å². The van der Waals surface area contributed by atoms with Crippen LogP contribution in [0.1, 0.15) is 16.2 Å². The molecule has 5 heteroatoms. The smallest absolute Gasteiger partial charge is 0.357 e. The van der Waals surface area contributed by atoms with Crippen LogP contribution in [0, 0.1) is 6.92 Å². The van der Waals surface area contributed by atoms with Crippen molar-refractivity contribution >= 4 is 17.7 Å². The van der Waals surface area contributed by atoms with Crippen LogP contribution >= 0.6 is 11.7 Å². The highest BCUT2D eigenvalue weighted by atomic mass is 32.1.